The topological polar surface area (TPSA) is 47.8 Å². The van der Waals surface area contributed by atoms with E-state index < -0.39 is 23.8 Å². The molecule has 0 aliphatic heterocycles. The van der Waals surface area contributed by atoms with Crippen molar-refractivity contribution in [3.05, 3.63) is 35.7 Å². The molecule has 0 saturated heterocycles. The number of ketones is 1. The molecular weight excluding hydrogens is 239 g/mol. The van der Waals surface area contributed by atoms with Gasteiger partial charge in [-0.1, -0.05) is 12.1 Å². The van der Waals surface area contributed by atoms with Gasteiger partial charge in [0.05, 0.1) is 18.2 Å². The Morgan fingerprint density at radius 3 is 2.89 bits per heavy atom. The number of nitrogens with zero attached hydrogens (tertiary/aromatic N) is 3. The Balaban J connectivity index is 2.22. The fourth-order valence-electron chi connectivity index (χ4n) is 2.02. The maximum absolute atomic E-state index is 13.7. The molecule has 7 heteroatoms. The van der Waals surface area contributed by atoms with E-state index in [0.717, 1.165) is 10.9 Å². The molecule has 0 bridgehead atoms. The molecule has 1 aliphatic carbocycles. The van der Waals surface area contributed by atoms with Crippen molar-refractivity contribution in [1.82, 2.24) is 14.8 Å². The fourth-order valence-corrected chi connectivity index (χ4v) is 2.02. The maximum Gasteiger partial charge on any atom is 0.297 e. The lowest BCUT2D eigenvalue weighted by Crippen LogP contribution is -2.18. The van der Waals surface area contributed by atoms with Crippen LogP contribution in [-0.4, -0.2) is 28.4 Å². The second-order valence-corrected chi connectivity index (χ2v) is 4.04. The summed E-state index contributed by atoms with van der Waals surface area (Å²) in [5, 5.41) is 3.79. The van der Waals surface area contributed by atoms with E-state index in [2.05, 4.69) is 10.1 Å². The number of fused-ring (bicyclic) bond motifs is 1. The van der Waals surface area contributed by atoms with Gasteiger partial charge in [-0.3, -0.25) is 4.79 Å². The van der Waals surface area contributed by atoms with E-state index in [-0.39, 0.29) is 17.0 Å². The highest BCUT2D eigenvalue weighted by Gasteiger charge is 2.48. The second kappa shape index (κ2) is 3.47. The zero-order valence-electron chi connectivity index (χ0n) is 9.10. The van der Waals surface area contributed by atoms with Gasteiger partial charge in [-0.25, -0.2) is 9.67 Å². The van der Waals surface area contributed by atoms with Crippen LogP contribution in [0.4, 0.5) is 8.78 Å². The molecule has 1 aliphatic rings. The number of hydrogen-bond acceptors (Lipinski definition) is 3. The molecule has 2 aromatic rings. The molecule has 4 nitrogen and oxygen atoms in total. The zero-order valence-corrected chi connectivity index (χ0v) is 9.10. The molecule has 0 aromatic carbocycles. The molecule has 0 spiro atoms. The van der Waals surface area contributed by atoms with E-state index in [1.54, 1.807) is 6.07 Å². The predicted molar refractivity (Wildman–Crippen MR) is 59.6 cm³/mol. The number of hydrogen-bond donors (Lipinski definition) is 0. The first-order valence-corrected chi connectivity index (χ1v) is 5.21. The molecule has 0 saturated carbocycles. The Labute approximate surface area is 102 Å². The Morgan fingerprint density at radius 1 is 1.39 bits per heavy atom. The van der Waals surface area contributed by atoms with Crippen molar-refractivity contribution in [2.75, 3.05) is 0 Å². The molecule has 3 rings (SSSR count). The van der Waals surface area contributed by atoms with Crippen LogP contribution < -0.4 is 5.59 Å². The lowest BCUT2D eigenvalue weighted by atomic mass is 10.0. The molecule has 18 heavy (non-hydrogen) atoms. The predicted octanol–water partition coefficient (Wildman–Crippen LogP) is 0.739. The summed E-state index contributed by atoms with van der Waals surface area (Å²) in [5.74, 6) is -3.65. The third kappa shape index (κ3) is 1.47. The highest BCUT2D eigenvalue weighted by Crippen LogP contribution is 2.41. The van der Waals surface area contributed by atoms with Crippen LogP contribution in [0.5, 0.6) is 0 Å². The standard InChI is InChI=1S/C11H6BF2N3O/c12-8-2-1-3-9(16-8)17-10-6(5-15-17)7(18)4-11(10,13)14/h1-3,5H,4H2. The van der Waals surface area contributed by atoms with Crippen molar-refractivity contribution in [2.45, 2.75) is 12.3 Å². The third-order valence-corrected chi connectivity index (χ3v) is 2.77. The highest BCUT2D eigenvalue weighted by atomic mass is 19.3. The van der Waals surface area contributed by atoms with Crippen molar-refractivity contribution in [3.63, 3.8) is 0 Å². The normalized spacial score (nSPS) is 16.9. The molecule has 2 radical (unpaired) electrons. The van der Waals surface area contributed by atoms with E-state index in [0.29, 0.717) is 0 Å². The van der Waals surface area contributed by atoms with E-state index >= 15 is 0 Å². The van der Waals surface area contributed by atoms with Gasteiger partial charge in [-0.2, -0.15) is 13.9 Å². The van der Waals surface area contributed by atoms with E-state index in [4.69, 9.17) is 7.85 Å². The maximum atomic E-state index is 13.7. The van der Waals surface area contributed by atoms with Gasteiger partial charge in [0.2, 0.25) is 0 Å². The quantitative estimate of drug-likeness (QED) is 0.696. The third-order valence-electron chi connectivity index (χ3n) is 2.77. The average molecular weight is 245 g/mol. The zero-order chi connectivity index (χ0) is 12.9. The van der Waals surface area contributed by atoms with Crippen LogP contribution in [0.1, 0.15) is 22.5 Å². The van der Waals surface area contributed by atoms with Gasteiger partial charge in [0.1, 0.15) is 13.5 Å². The van der Waals surface area contributed by atoms with Gasteiger partial charge in [0, 0.05) is 0 Å². The minimum atomic E-state index is -3.21. The van der Waals surface area contributed by atoms with Gasteiger partial charge in [-0.15, -0.1) is 0 Å². The van der Waals surface area contributed by atoms with Gasteiger partial charge in [-0.05, 0) is 11.7 Å². The fraction of sp³-hybridized carbons (Fsp3) is 0.182. The van der Waals surface area contributed by atoms with Crippen molar-refractivity contribution in [1.29, 1.82) is 0 Å². The number of rotatable bonds is 1. The van der Waals surface area contributed by atoms with Crippen LogP contribution in [-0.2, 0) is 5.92 Å². The first-order valence-electron chi connectivity index (χ1n) is 5.21. The number of alkyl halides is 2. The summed E-state index contributed by atoms with van der Waals surface area (Å²) >= 11 is 0. The van der Waals surface area contributed by atoms with Crippen molar-refractivity contribution >= 4 is 19.2 Å². The number of aromatic nitrogens is 3. The Kier molecular flexibility index (Phi) is 2.14. The molecule has 0 atom stereocenters. The molecule has 2 aromatic heterocycles. The first-order chi connectivity index (χ1) is 8.49. The van der Waals surface area contributed by atoms with Crippen LogP contribution in [0, 0.1) is 0 Å². The summed E-state index contributed by atoms with van der Waals surface area (Å²) in [6.45, 7) is 0. The van der Waals surface area contributed by atoms with Gasteiger partial charge < -0.3 is 0 Å². The summed E-state index contributed by atoms with van der Waals surface area (Å²) in [6, 6.07) is 4.62. The smallest absolute Gasteiger partial charge is 0.294 e. The van der Waals surface area contributed by atoms with Crippen LogP contribution in [0.3, 0.4) is 0 Å². The number of halogens is 2. The van der Waals surface area contributed by atoms with Crippen LogP contribution in [0.15, 0.2) is 24.4 Å². The molecular formula is C11H6BF2N3O. The number of carbonyl (C=O) groups excluding carboxylic acids is 1. The molecule has 2 heterocycles. The van der Waals surface area contributed by atoms with E-state index in [1.165, 1.54) is 12.1 Å². The van der Waals surface area contributed by atoms with E-state index in [9.17, 15) is 13.6 Å². The van der Waals surface area contributed by atoms with Crippen molar-refractivity contribution in [2.24, 2.45) is 0 Å². The SMILES string of the molecule is [B]c1cccc(-n2ncc3c2C(F)(F)CC3=O)n1. The highest BCUT2D eigenvalue weighted by molar-refractivity contribution is 6.30. The first kappa shape index (κ1) is 11.1. The summed E-state index contributed by atoms with van der Waals surface area (Å²) in [7, 11) is 5.50. The monoisotopic (exact) mass is 245 g/mol. The number of pyridine rings is 1. The molecule has 0 unspecified atom stereocenters. The molecule has 88 valence electrons. The number of Topliss-reactive ketones (excluding diaryl/α,β-unsaturated/α-hetero) is 1. The molecule has 0 fully saturated rings. The minimum absolute atomic E-state index is 0.0516. The Hall–Kier alpha value is -2.05. The van der Waals surface area contributed by atoms with Gasteiger partial charge in [0.25, 0.3) is 5.92 Å². The minimum Gasteiger partial charge on any atom is -0.294 e. The lowest BCUT2D eigenvalue weighted by molar-refractivity contribution is -0.00542. The summed E-state index contributed by atoms with van der Waals surface area (Å²) in [4.78, 5) is 15.3. The Bertz CT molecular complexity index is 653. The summed E-state index contributed by atoms with van der Waals surface area (Å²) < 4.78 is 28.4. The van der Waals surface area contributed by atoms with Crippen LogP contribution >= 0.6 is 0 Å². The molecule has 0 amide bonds. The van der Waals surface area contributed by atoms with Crippen LogP contribution in [0.25, 0.3) is 5.82 Å². The van der Waals surface area contributed by atoms with Gasteiger partial charge in [0.15, 0.2) is 11.6 Å². The van der Waals surface area contributed by atoms with Crippen LogP contribution in [0.2, 0.25) is 0 Å². The summed E-state index contributed by atoms with van der Waals surface area (Å²) in [5.41, 5.74) is -0.265. The number of carbonyl (C=O) groups is 1. The molecule has 0 N–H and O–H groups in total. The average Bonchev–Trinajstić information content (AvgIpc) is 2.81. The van der Waals surface area contributed by atoms with Crippen molar-refractivity contribution in [3.8, 4) is 5.82 Å². The van der Waals surface area contributed by atoms with E-state index in [1.807, 2.05) is 0 Å². The van der Waals surface area contributed by atoms with Gasteiger partial charge >= 0.3 is 0 Å². The van der Waals surface area contributed by atoms with Crippen molar-refractivity contribution < 1.29 is 13.6 Å². The lowest BCUT2D eigenvalue weighted by Gasteiger charge is -2.12. The summed E-state index contributed by atoms with van der Waals surface area (Å²) in [6.07, 6.45) is 0.325. The second-order valence-electron chi connectivity index (χ2n) is 4.04. The Morgan fingerprint density at radius 2 is 2.17 bits per heavy atom. The largest absolute Gasteiger partial charge is 0.297 e.